The molecule has 0 fully saturated rings. The Morgan fingerprint density at radius 2 is 1.63 bits per heavy atom. The summed E-state index contributed by atoms with van der Waals surface area (Å²) >= 11 is 0. The van der Waals surface area contributed by atoms with Crippen molar-refractivity contribution >= 4 is 0 Å². The van der Waals surface area contributed by atoms with Gasteiger partial charge in [0.15, 0.2) is 0 Å². The third-order valence-corrected chi connectivity index (χ3v) is 4.23. The number of rotatable bonds is 3. The minimum absolute atomic E-state index is 0.0344. The fourth-order valence-corrected chi connectivity index (χ4v) is 2.62. The van der Waals surface area contributed by atoms with E-state index in [4.69, 9.17) is 0 Å². The predicted octanol–water partition coefficient (Wildman–Crippen LogP) is 5.25. The van der Waals surface area contributed by atoms with Crippen LogP contribution in [0.5, 0.6) is 0 Å². The third kappa shape index (κ3) is 2.91. The van der Waals surface area contributed by atoms with Gasteiger partial charge in [-0.3, -0.25) is 0 Å². The fourth-order valence-electron chi connectivity index (χ4n) is 2.62. The molecule has 0 aliphatic heterocycles. The average Bonchev–Trinajstić information content (AvgIpc) is 2.39. The summed E-state index contributed by atoms with van der Waals surface area (Å²) in [6.45, 7) is 8.97. The predicted molar refractivity (Wildman–Crippen MR) is 81.6 cm³/mol. The lowest BCUT2D eigenvalue weighted by Crippen LogP contribution is -2.21. The molecule has 102 valence electrons. The zero-order valence-electron chi connectivity index (χ0n) is 12.4. The van der Waals surface area contributed by atoms with E-state index in [1.165, 1.54) is 16.7 Å². The third-order valence-electron chi connectivity index (χ3n) is 4.23. The highest BCUT2D eigenvalue weighted by molar-refractivity contribution is 5.39. The first-order valence-electron chi connectivity index (χ1n) is 7.11. The van der Waals surface area contributed by atoms with Gasteiger partial charge in [-0.1, -0.05) is 63.6 Å². The molecule has 0 amide bonds. The minimum atomic E-state index is 0.0344. The molecule has 0 saturated heterocycles. The largest absolute Gasteiger partial charge is 0.512 e. The molecular formula is C18H24O. The van der Waals surface area contributed by atoms with Gasteiger partial charge in [-0.05, 0) is 29.5 Å². The highest BCUT2D eigenvalue weighted by Crippen LogP contribution is 2.36. The molecule has 0 atom stereocenters. The molecule has 0 unspecified atom stereocenters. The molecule has 0 spiro atoms. The van der Waals surface area contributed by atoms with E-state index in [2.05, 4.69) is 58.0 Å². The summed E-state index contributed by atoms with van der Waals surface area (Å²) < 4.78 is 0. The molecule has 19 heavy (non-hydrogen) atoms. The van der Waals surface area contributed by atoms with Crippen LogP contribution in [0.2, 0.25) is 0 Å². The summed E-state index contributed by atoms with van der Waals surface area (Å²) in [5, 5.41) is 9.48. The van der Waals surface area contributed by atoms with Crippen LogP contribution in [-0.2, 0) is 5.41 Å². The van der Waals surface area contributed by atoms with Gasteiger partial charge < -0.3 is 5.11 Å². The Morgan fingerprint density at radius 3 is 2.11 bits per heavy atom. The molecule has 0 saturated carbocycles. The van der Waals surface area contributed by atoms with E-state index in [-0.39, 0.29) is 5.41 Å². The normalized spacial score (nSPS) is 16.3. The lowest BCUT2D eigenvalue weighted by molar-refractivity contribution is 0.381. The van der Waals surface area contributed by atoms with Crippen molar-refractivity contribution in [2.24, 2.45) is 0 Å². The van der Waals surface area contributed by atoms with Gasteiger partial charge in [-0.15, -0.1) is 0 Å². The van der Waals surface area contributed by atoms with E-state index in [0.717, 1.165) is 12.8 Å². The van der Waals surface area contributed by atoms with Crippen molar-refractivity contribution in [3.8, 4) is 0 Å². The smallest absolute Gasteiger partial charge is 0.0925 e. The zero-order valence-corrected chi connectivity index (χ0v) is 12.4. The Morgan fingerprint density at radius 1 is 1.00 bits per heavy atom. The second-order valence-electron chi connectivity index (χ2n) is 6.25. The molecule has 2 rings (SSSR count). The highest BCUT2D eigenvalue weighted by atomic mass is 16.3. The van der Waals surface area contributed by atoms with Crippen molar-refractivity contribution < 1.29 is 5.11 Å². The molecule has 0 aromatic heterocycles. The molecule has 1 aliphatic rings. The lowest BCUT2D eigenvalue weighted by atomic mass is 9.74. The van der Waals surface area contributed by atoms with Crippen LogP contribution in [0.15, 0.2) is 47.7 Å². The second kappa shape index (κ2) is 5.24. The van der Waals surface area contributed by atoms with Crippen LogP contribution in [-0.4, -0.2) is 5.11 Å². The molecule has 0 bridgehead atoms. The van der Waals surface area contributed by atoms with Gasteiger partial charge in [0.05, 0.1) is 5.76 Å². The van der Waals surface area contributed by atoms with Crippen LogP contribution < -0.4 is 0 Å². The van der Waals surface area contributed by atoms with Crippen LogP contribution in [0.25, 0.3) is 0 Å². The fraction of sp³-hybridized carbons (Fsp3) is 0.444. The number of allylic oxidation sites excluding steroid dienone is 4. The first kappa shape index (κ1) is 13.9. The summed E-state index contributed by atoms with van der Waals surface area (Å²) in [6, 6.07) is 8.96. The molecule has 1 heteroatoms. The van der Waals surface area contributed by atoms with Gasteiger partial charge in [-0.2, -0.15) is 0 Å². The molecule has 0 radical (unpaired) electrons. The van der Waals surface area contributed by atoms with E-state index in [1.807, 2.05) is 6.08 Å². The molecule has 0 heterocycles. The molecule has 1 aromatic rings. The van der Waals surface area contributed by atoms with Crippen molar-refractivity contribution in [3.63, 3.8) is 0 Å². The SMILES string of the molecule is CC(C)c1ccc(C(C)(C)C2=CC=C(O)CC2)cc1. The Hall–Kier alpha value is -1.50. The van der Waals surface area contributed by atoms with Gasteiger partial charge >= 0.3 is 0 Å². The quantitative estimate of drug-likeness (QED) is 0.783. The van der Waals surface area contributed by atoms with Gasteiger partial charge in [0, 0.05) is 11.8 Å². The zero-order chi connectivity index (χ0) is 14.0. The standard InChI is InChI=1S/C18H24O/c1-13(2)14-5-7-15(8-6-14)18(3,4)16-9-11-17(19)12-10-16/h5-9,11,13,19H,10,12H2,1-4H3. The summed E-state index contributed by atoms with van der Waals surface area (Å²) in [5.74, 6) is 1.07. The van der Waals surface area contributed by atoms with Gasteiger partial charge in [0.25, 0.3) is 0 Å². The van der Waals surface area contributed by atoms with Crippen molar-refractivity contribution in [2.75, 3.05) is 0 Å². The van der Waals surface area contributed by atoms with E-state index in [0.29, 0.717) is 11.7 Å². The van der Waals surface area contributed by atoms with E-state index < -0.39 is 0 Å². The Labute approximate surface area is 116 Å². The average molecular weight is 256 g/mol. The van der Waals surface area contributed by atoms with Gasteiger partial charge in [-0.25, -0.2) is 0 Å². The Bertz CT molecular complexity index is 501. The number of aliphatic hydroxyl groups excluding tert-OH is 1. The number of hydrogen-bond acceptors (Lipinski definition) is 1. The first-order chi connectivity index (χ1) is 8.91. The minimum Gasteiger partial charge on any atom is -0.512 e. The second-order valence-corrected chi connectivity index (χ2v) is 6.25. The highest BCUT2D eigenvalue weighted by Gasteiger charge is 2.26. The van der Waals surface area contributed by atoms with E-state index in [1.54, 1.807) is 0 Å². The maximum Gasteiger partial charge on any atom is 0.0925 e. The van der Waals surface area contributed by atoms with Crippen LogP contribution in [0.3, 0.4) is 0 Å². The topological polar surface area (TPSA) is 20.2 Å². The Kier molecular flexibility index (Phi) is 3.84. The first-order valence-corrected chi connectivity index (χ1v) is 7.11. The van der Waals surface area contributed by atoms with E-state index in [9.17, 15) is 5.11 Å². The van der Waals surface area contributed by atoms with Crippen molar-refractivity contribution in [1.82, 2.24) is 0 Å². The van der Waals surface area contributed by atoms with E-state index >= 15 is 0 Å². The summed E-state index contributed by atoms with van der Waals surface area (Å²) in [6.07, 6.45) is 5.62. The number of aliphatic hydroxyl groups is 1. The van der Waals surface area contributed by atoms with Crippen molar-refractivity contribution in [1.29, 1.82) is 0 Å². The Balaban J connectivity index is 2.29. The number of benzene rings is 1. The molecule has 1 aromatic carbocycles. The van der Waals surface area contributed by atoms with Gasteiger partial charge in [0.2, 0.25) is 0 Å². The maximum absolute atomic E-state index is 9.48. The number of hydrogen-bond donors (Lipinski definition) is 1. The molecule has 1 nitrogen and oxygen atoms in total. The van der Waals surface area contributed by atoms with Gasteiger partial charge in [0.1, 0.15) is 0 Å². The molecular weight excluding hydrogens is 232 g/mol. The molecule has 1 aliphatic carbocycles. The van der Waals surface area contributed by atoms with Crippen LogP contribution >= 0.6 is 0 Å². The summed E-state index contributed by atoms with van der Waals surface area (Å²) in [4.78, 5) is 0. The summed E-state index contributed by atoms with van der Waals surface area (Å²) in [7, 11) is 0. The lowest BCUT2D eigenvalue weighted by Gasteiger charge is -2.30. The van der Waals surface area contributed by atoms with Crippen LogP contribution in [0.4, 0.5) is 0 Å². The van der Waals surface area contributed by atoms with Crippen LogP contribution in [0, 0.1) is 0 Å². The van der Waals surface area contributed by atoms with Crippen molar-refractivity contribution in [3.05, 3.63) is 58.9 Å². The molecule has 1 N–H and O–H groups in total. The maximum atomic E-state index is 9.48. The van der Waals surface area contributed by atoms with Crippen molar-refractivity contribution in [2.45, 2.75) is 51.9 Å². The van der Waals surface area contributed by atoms with Crippen LogP contribution in [0.1, 0.15) is 57.6 Å². The monoisotopic (exact) mass is 256 g/mol. The summed E-state index contributed by atoms with van der Waals surface area (Å²) in [5.41, 5.74) is 4.16.